The van der Waals surface area contributed by atoms with Crippen molar-refractivity contribution in [2.45, 2.75) is 19.9 Å². The molecule has 1 rings (SSSR count). The lowest BCUT2D eigenvalue weighted by atomic mass is 10.5. The highest BCUT2D eigenvalue weighted by molar-refractivity contribution is 7.09. The van der Waals surface area contributed by atoms with Crippen LogP contribution >= 0.6 is 11.3 Å². The van der Waals surface area contributed by atoms with Gasteiger partial charge in [0, 0.05) is 17.7 Å². The molecule has 0 saturated heterocycles. The Morgan fingerprint density at radius 2 is 2.57 bits per heavy atom. The van der Waals surface area contributed by atoms with Crippen LogP contribution in [-0.2, 0) is 16.1 Å². The van der Waals surface area contributed by atoms with Crippen molar-refractivity contribution in [3.63, 3.8) is 0 Å². The Morgan fingerprint density at radius 3 is 3.21 bits per heavy atom. The number of ether oxygens (including phenoxy) is 1. The van der Waals surface area contributed by atoms with Crippen molar-refractivity contribution in [2.24, 2.45) is 0 Å². The molecule has 1 N–H and O–H groups in total. The minimum Gasteiger partial charge on any atom is -0.372 e. The fourth-order valence-corrected chi connectivity index (χ4v) is 1.41. The van der Waals surface area contributed by atoms with E-state index >= 15 is 0 Å². The molecule has 1 amide bonds. The second-order valence-corrected chi connectivity index (χ2v) is 3.77. The summed E-state index contributed by atoms with van der Waals surface area (Å²) in [7, 11) is 0. The third-order valence-corrected chi connectivity index (χ3v) is 2.30. The van der Waals surface area contributed by atoms with Gasteiger partial charge in [0.05, 0.1) is 12.1 Å². The van der Waals surface area contributed by atoms with Crippen molar-refractivity contribution in [3.05, 3.63) is 16.6 Å². The lowest BCUT2D eigenvalue weighted by Crippen LogP contribution is -2.26. The molecule has 0 fully saturated rings. The van der Waals surface area contributed by atoms with Crippen LogP contribution in [0.5, 0.6) is 0 Å². The highest BCUT2D eigenvalue weighted by Crippen LogP contribution is 2.03. The van der Waals surface area contributed by atoms with Crippen LogP contribution in [0, 0.1) is 0 Å². The van der Waals surface area contributed by atoms with Gasteiger partial charge in [0.1, 0.15) is 6.61 Å². The summed E-state index contributed by atoms with van der Waals surface area (Å²) in [6.45, 7) is 3.33. The zero-order valence-corrected chi connectivity index (χ0v) is 8.97. The molecular formula is C9H14N2O2S. The van der Waals surface area contributed by atoms with E-state index in [1.807, 2.05) is 6.92 Å². The van der Waals surface area contributed by atoms with Crippen LogP contribution in [-0.4, -0.2) is 24.1 Å². The second-order valence-electron chi connectivity index (χ2n) is 2.80. The van der Waals surface area contributed by atoms with Crippen LogP contribution in [0.15, 0.2) is 11.7 Å². The van der Waals surface area contributed by atoms with Crippen molar-refractivity contribution in [1.82, 2.24) is 10.3 Å². The van der Waals surface area contributed by atoms with Crippen molar-refractivity contribution in [2.75, 3.05) is 13.2 Å². The molecule has 0 radical (unpaired) electrons. The van der Waals surface area contributed by atoms with E-state index in [4.69, 9.17) is 4.74 Å². The SMILES string of the molecule is CCCOCC(=O)NCc1cncs1. The first-order valence-electron chi connectivity index (χ1n) is 4.54. The smallest absolute Gasteiger partial charge is 0.246 e. The van der Waals surface area contributed by atoms with E-state index in [1.54, 1.807) is 11.7 Å². The number of carbonyl (C=O) groups is 1. The summed E-state index contributed by atoms with van der Waals surface area (Å²) < 4.78 is 5.09. The van der Waals surface area contributed by atoms with Gasteiger partial charge < -0.3 is 10.1 Å². The minimum atomic E-state index is -0.0770. The van der Waals surface area contributed by atoms with Crippen LogP contribution in [0.1, 0.15) is 18.2 Å². The fraction of sp³-hybridized carbons (Fsp3) is 0.556. The maximum atomic E-state index is 11.2. The van der Waals surface area contributed by atoms with Gasteiger partial charge in [-0.25, -0.2) is 0 Å². The molecule has 1 heterocycles. The summed E-state index contributed by atoms with van der Waals surface area (Å²) >= 11 is 1.53. The number of carbonyl (C=O) groups excluding carboxylic acids is 1. The van der Waals surface area contributed by atoms with E-state index in [1.165, 1.54) is 11.3 Å². The van der Waals surface area contributed by atoms with Gasteiger partial charge in [-0.15, -0.1) is 11.3 Å². The molecule has 1 aromatic rings. The summed E-state index contributed by atoms with van der Waals surface area (Å²) in [5, 5.41) is 2.75. The molecule has 0 aliphatic rings. The maximum Gasteiger partial charge on any atom is 0.246 e. The molecule has 0 unspecified atom stereocenters. The van der Waals surface area contributed by atoms with Gasteiger partial charge in [-0.3, -0.25) is 9.78 Å². The van der Waals surface area contributed by atoms with Crippen LogP contribution < -0.4 is 5.32 Å². The summed E-state index contributed by atoms with van der Waals surface area (Å²) in [5.41, 5.74) is 1.75. The number of thiazole rings is 1. The van der Waals surface area contributed by atoms with Gasteiger partial charge in [0.25, 0.3) is 0 Å². The molecule has 0 atom stereocenters. The van der Waals surface area contributed by atoms with Crippen molar-refractivity contribution in [1.29, 1.82) is 0 Å². The van der Waals surface area contributed by atoms with Gasteiger partial charge in [0.15, 0.2) is 0 Å². The number of nitrogens with zero attached hydrogens (tertiary/aromatic N) is 1. The van der Waals surface area contributed by atoms with Gasteiger partial charge in [-0.1, -0.05) is 6.92 Å². The second kappa shape index (κ2) is 6.50. The van der Waals surface area contributed by atoms with Crippen LogP contribution in [0.2, 0.25) is 0 Å². The summed E-state index contributed by atoms with van der Waals surface area (Å²) in [5.74, 6) is -0.0770. The third kappa shape index (κ3) is 4.34. The van der Waals surface area contributed by atoms with E-state index in [2.05, 4.69) is 10.3 Å². The van der Waals surface area contributed by atoms with Gasteiger partial charge >= 0.3 is 0 Å². The molecule has 0 bridgehead atoms. The van der Waals surface area contributed by atoms with Gasteiger partial charge in [-0.2, -0.15) is 0 Å². The zero-order valence-electron chi connectivity index (χ0n) is 8.16. The Hall–Kier alpha value is -0.940. The van der Waals surface area contributed by atoms with Crippen molar-refractivity contribution < 1.29 is 9.53 Å². The lowest BCUT2D eigenvalue weighted by Gasteiger charge is -2.03. The molecule has 4 nitrogen and oxygen atoms in total. The topological polar surface area (TPSA) is 51.2 Å². The van der Waals surface area contributed by atoms with Crippen molar-refractivity contribution >= 4 is 17.2 Å². The maximum absolute atomic E-state index is 11.2. The first kappa shape index (κ1) is 11.1. The number of aromatic nitrogens is 1. The van der Waals surface area contributed by atoms with Gasteiger partial charge in [-0.05, 0) is 6.42 Å². The van der Waals surface area contributed by atoms with E-state index in [9.17, 15) is 4.79 Å². The van der Waals surface area contributed by atoms with E-state index < -0.39 is 0 Å². The van der Waals surface area contributed by atoms with Crippen LogP contribution in [0.25, 0.3) is 0 Å². The third-order valence-electron chi connectivity index (χ3n) is 1.52. The van der Waals surface area contributed by atoms with E-state index in [0.29, 0.717) is 13.2 Å². The normalized spacial score (nSPS) is 10.1. The molecule has 14 heavy (non-hydrogen) atoms. The van der Waals surface area contributed by atoms with E-state index in [0.717, 1.165) is 11.3 Å². The highest BCUT2D eigenvalue weighted by atomic mass is 32.1. The van der Waals surface area contributed by atoms with Crippen LogP contribution in [0.4, 0.5) is 0 Å². The molecule has 78 valence electrons. The number of rotatable bonds is 6. The number of nitrogens with one attached hydrogen (secondary N) is 1. The van der Waals surface area contributed by atoms with E-state index in [-0.39, 0.29) is 12.5 Å². The molecule has 0 spiro atoms. The number of hydrogen-bond acceptors (Lipinski definition) is 4. The average Bonchev–Trinajstić information content (AvgIpc) is 2.68. The Morgan fingerprint density at radius 1 is 1.71 bits per heavy atom. The summed E-state index contributed by atoms with van der Waals surface area (Å²) in [6.07, 6.45) is 2.68. The summed E-state index contributed by atoms with van der Waals surface area (Å²) in [6, 6.07) is 0. The first-order valence-corrected chi connectivity index (χ1v) is 5.42. The molecule has 0 aliphatic carbocycles. The Kier molecular flexibility index (Phi) is 5.17. The summed E-state index contributed by atoms with van der Waals surface area (Å²) in [4.78, 5) is 16.1. The average molecular weight is 214 g/mol. The molecule has 0 aliphatic heterocycles. The largest absolute Gasteiger partial charge is 0.372 e. The lowest BCUT2D eigenvalue weighted by molar-refractivity contribution is -0.125. The minimum absolute atomic E-state index is 0.0770. The molecule has 5 heteroatoms. The standard InChI is InChI=1S/C9H14N2O2S/c1-2-3-13-6-9(12)11-5-8-4-10-7-14-8/h4,7H,2-3,5-6H2,1H3,(H,11,12). The predicted octanol–water partition coefficient (Wildman–Crippen LogP) is 1.19. The number of amides is 1. The Labute approximate surface area is 87.3 Å². The number of hydrogen-bond donors (Lipinski definition) is 1. The van der Waals surface area contributed by atoms with Gasteiger partial charge in [0.2, 0.25) is 5.91 Å². The predicted molar refractivity (Wildman–Crippen MR) is 55.1 cm³/mol. The first-order chi connectivity index (χ1) is 6.83. The quantitative estimate of drug-likeness (QED) is 0.724. The molecule has 1 aromatic heterocycles. The zero-order chi connectivity index (χ0) is 10.2. The highest BCUT2D eigenvalue weighted by Gasteiger charge is 2.01. The van der Waals surface area contributed by atoms with Crippen LogP contribution in [0.3, 0.4) is 0 Å². The Balaban J connectivity index is 2.09. The fourth-order valence-electron chi connectivity index (χ4n) is 0.875. The molecule has 0 aromatic carbocycles. The monoisotopic (exact) mass is 214 g/mol. The Bertz CT molecular complexity index is 262. The van der Waals surface area contributed by atoms with Crippen molar-refractivity contribution in [3.8, 4) is 0 Å². The molecule has 0 saturated carbocycles. The molecular weight excluding hydrogens is 200 g/mol.